The van der Waals surface area contributed by atoms with Gasteiger partial charge in [0.1, 0.15) is 28.7 Å². The number of thioether (sulfide) groups is 1. The average Bonchev–Trinajstić information content (AvgIpc) is 3.01. The lowest BCUT2D eigenvalue weighted by Gasteiger charge is -2.47. The van der Waals surface area contributed by atoms with Crippen LogP contribution in [0.2, 0.25) is 0 Å². The Labute approximate surface area is 262 Å². The first-order valence-electron chi connectivity index (χ1n) is 14.1. The van der Waals surface area contributed by atoms with E-state index in [1.54, 1.807) is 43.0 Å². The van der Waals surface area contributed by atoms with E-state index in [0.29, 0.717) is 17.0 Å². The first-order chi connectivity index (χ1) is 21.4. The predicted octanol–water partition coefficient (Wildman–Crippen LogP) is 3.61. The molecule has 0 aliphatic carbocycles. The molecule has 3 aromatic rings. The third-order valence-electron chi connectivity index (χ3n) is 7.13. The Hall–Kier alpha value is -4.49. The number of halogens is 2. The van der Waals surface area contributed by atoms with Gasteiger partial charge in [0.2, 0.25) is 11.8 Å². The Kier molecular flexibility index (Phi) is 11.1. The molecule has 1 aliphatic heterocycles. The van der Waals surface area contributed by atoms with Gasteiger partial charge in [0.25, 0.3) is 5.91 Å². The minimum Gasteiger partial charge on any atom is -0.484 e. The molecule has 4 atom stereocenters. The zero-order valence-corrected chi connectivity index (χ0v) is 25.3. The van der Waals surface area contributed by atoms with Crippen LogP contribution in [-0.4, -0.2) is 64.1 Å². The minimum absolute atomic E-state index is 0.179. The van der Waals surface area contributed by atoms with Crippen LogP contribution in [0.1, 0.15) is 37.1 Å². The molecule has 3 amide bonds. The van der Waals surface area contributed by atoms with E-state index in [1.165, 1.54) is 60.3 Å². The molecular formula is C32H33F2N3O7S. The van der Waals surface area contributed by atoms with E-state index in [9.17, 15) is 38.2 Å². The Morgan fingerprint density at radius 3 is 2.11 bits per heavy atom. The quantitative estimate of drug-likeness (QED) is 0.196. The van der Waals surface area contributed by atoms with Crippen LogP contribution in [0, 0.1) is 17.6 Å². The minimum atomic E-state index is -1.17. The molecule has 4 rings (SSSR count). The standard InChI is InChI=1S/C32H33F2N3O7S/c1-18(2)28(32(42)43)36-26(39)15-35-27(40)16-44-24-13-5-20(6-14-24)29-30(31(41)37(29)23-11-9-22(34)10-12-23)45-17-25(38)19-3-7-21(33)8-4-19/h3-14,18,25,28-30,38H,15-17H2,1-2H3,(H,35,40)(H,36,39)(H,42,43)/t25-,28+,29?,30+/m0/s1. The lowest BCUT2D eigenvalue weighted by atomic mass is 9.92. The summed E-state index contributed by atoms with van der Waals surface area (Å²) in [5.41, 5.74) is 1.76. The summed E-state index contributed by atoms with van der Waals surface area (Å²) in [4.78, 5) is 50.3. The zero-order chi connectivity index (χ0) is 32.7. The van der Waals surface area contributed by atoms with Crippen molar-refractivity contribution in [3.63, 3.8) is 0 Å². The van der Waals surface area contributed by atoms with E-state index in [4.69, 9.17) is 4.74 Å². The zero-order valence-electron chi connectivity index (χ0n) is 24.5. The molecule has 0 radical (unpaired) electrons. The number of anilines is 1. The Balaban J connectivity index is 1.37. The Morgan fingerprint density at radius 1 is 0.933 bits per heavy atom. The summed E-state index contributed by atoms with van der Waals surface area (Å²) >= 11 is 1.26. The molecule has 0 saturated carbocycles. The van der Waals surface area contributed by atoms with Crippen molar-refractivity contribution in [2.75, 3.05) is 23.8 Å². The van der Waals surface area contributed by atoms with Crippen molar-refractivity contribution in [2.24, 2.45) is 5.92 Å². The van der Waals surface area contributed by atoms with Crippen molar-refractivity contribution in [3.05, 3.63) is 95.6 Å². The number of amides is 3. The lowest BCUT2D eigenvalue weighted by molar-refractivity contribution is -0.143. The molecule has 10 nitrogen and oxygen atoms in total. The number of nitrogens with one attached hydrogen (secondary N) is 2. The van der Waals surface area contributed by atoms with Crippen LogP contribution in [-0.2, 0) is 19.2 Å². The molecule has 238 valence electrons. The highest BCUT2D eigenvalue weighted by atomic mass is 32.2. The maximum Gasteiger partial charge on any atom is 0.326 e. The number of carbonyl (C=O) groups excluding carboxylic acids is 3. The van der Waals surface area contributed by atoms with Gasteiger partial charge >= 0.3 is 5.97 Å². The van der Waals surface area contributed by atoms with Gasteiger partial charge in [-0.25, -0.2) is 13.6 Å². The van der Waals surface area contributed by atoms with Crippen molar-refractivity contribution in [1.29, 1.82) is 0 Å². The van der Waals surface area contributed by atoms with Crippen LogP contribution in [0.4, 0.5) is 14.5 Å². The molecule has 1 heterocycles. The van der Waals surface area contributed by atoms with Gasteiger partial charge < -0.3 is 30.5 Å². The van der Waals surface area contributed by atoms with Gasteiger partial charge in [0.15, 0.2) is 6.61 Å². The summed E-state index contributed by atoms with van der Waals surface area (Å²) in [5.74, 6) is -3.29. The van der Waals surface area contributed by atoms with Crippen LogP contribution in [0.3, 0.4) is 0 Å². The second kappa shape index (κ2) is 15.0. The highest BCUT2D eigenvalue weighted by Crippen LogP contribution is 2.46. The highest BCUT2D eigenvalue weighted by Gasteiger charge is 2.49. The summed E-state index contributed by atoms with van der Waals surface area (Å²) in [6.07, 6.45) is -0.925. The van der Waals surface area contributed by atoms with Gasteiger partial charge in [-0.2, -0.15) is 0 Å². The van der Waals surface area contributed by atoms with E-state index in [1.807, 2.05) is 0 Å². The number of hydrogen-bond acceptors (Lipinski definition) is 7. The number of aliphatic hydroxyl groups excluding tert-OH is 1. The number of aliphatic carboxylic acids is 1. The average molecular weight is 642 g/mol. The van der Waals surface area contributed by atoms with Crippen molar-refractivity contribution < 1.29 is 42.9 Å². The molecular weight excluding hydrogens is 608 g/mol. The van der Waals surface area contributed by atoms with Gasteiger partial charge in [-0.15, -0.1) is 11.8 Å². The van der Waals surface area contributed by atoms with Crippen molar-refractivity contribution in [3.8, 4) is 5.75 Å². The molecule has 0 aromatic heterocycles. The fourth-order valence-corrected chi connectivity index (χ4v) is 5.99. The number of β-lactam (4-membered cyclic amide) rings is 1. The van der Waals surface area contributed by atoms with E-state index < -0.39 is 66.0 Å². The molecule has 1 unspecified atom stereocenters. The third kappa shape index (κ3) is 8.58. The molecule has 13 heteroatoms. The third-order valence-corrected chi connectivity index (χ3v) is 8.45. The number of rotatable bonds is 14. The van der Waals surface area contributed by atoms with Crippen LogP contribution >= 0.6 is 11.8 Å². The number of benzene rings is 3. The molecule has 1 aliphatic rings. The largest absolute Gasteiger partial charge is 0.484 e. The molecule has 3 aromatic carbocycles. The number of aliphatic hydroxyl groups is 1. The highest BCUT2D eigenvalue weighted by molar-refractivity contribution is 8.00. The van der Waals surface area contributed by atoms with Crippen molar-refractivity contribution in [2.45, 2.75) is 37.3 Å². The number of nitrogens with zero attached hydrogens (tertiary/aromatic N) is 1. The van der Waals surface area contributed by atoms with Gasteiger partial charge in [0, 0.05) is 11.4 Å². The predicted molar refractivity (Wildman–Crippen MR) is 164 cm³/mol. The number of carboxylic acid groups (broad SMARTS) is 1. The summed E-state index contributed by atoms with van der Waals surface area (Å²) in [6.45, 7) is 2.49. The van der Waals surface area contributed by atoms with E-state index >= 15 is 0 Å². The fourth-order valence-electron chi connectivity index (χ4n) is 4.69. The SMILES string of the molecule is CC(C)[C@@H](NC(=O)CNC(=O)COc1ccc(C2[C@@H](SC[C@H](O)c3ccc(F)cc3)C(=O)N2c2ccc(F)cc2)cc1)C(=O)O. The second-order valence-electron chi connectivity index (χ2n) is 10.7. The summed E-state index contributed by atoms with van der Waals surface area (Å²) in [5, 5.41) is 24.0. The number of carboxylic acids is 1. The molecule has 0 spiro atoms. The molecule has 1 saturated heterocycles. The van der Waals surface area contributed by atoms with Gasteiger partial charge in [-0.05, 0) is 65.6 Å². The maximum atomic E-state index is 13.6. The van der Waals surface area contributed by atoms with Crippen molar-refractivity contribution >= 4 is 41.1 Å². The molecule has 1 fully saturated rings. The molecule has 0 bridgehead atoms. The van der Waals surface area contributed by atoms with Crippen LogP contribution < -0.4 is 20.3 Å². The van der Waals surface area contributed by atoms with Crippen LogP contribution in [0.25, 0.3) is 0 Å². The van der Waals surface area contributed by atoms with Gasteiger partial charge in [-0.1, -0.05) is 38.1 Å². The number of carbonyl (C=O) groups is 4. The Bertz CT molecular complexity index is 1500. The summed E-state index contributed by atoms with van der Waals surface area (Å²) in [6, 6.07) is 16.2. The lowest BCUT2D eigenvalue weighted by Crippen LogP contribution is -2.57. The van der Waals surface area contributed by atoms with Crippen molar-refractivity contribution in [1.82, 2.24) is 10.6 Å². The van der Waals surface area contributed by atoms with E-state index in [-0.39, 0.29) is 17.6 Å². The monoisotopic (exact) mass is 641 g/mol. The topological polar surface area (TPSA) is 145 Å². The maximum absolute atomic E-state index is 13.6. The second-order valence-corrected chi connectivity index (χ2v) is 11.9. The van der Waals surface area contributed by atoms with Crippen LogP contribution in [0.5, 0.6) is 5.75 Å². The van der Waals surface area contributed by atoms with Crippen LogP contribution in [0.15, 0.2) is 72.8 Å². The number of ether oxygens (including phenoxy) is 1. The first kappa shape index (κ1) is 33.4. The molecule has 45 heavy (non-hydrogen) atoms. The fraction of sp³-hybridized carbons (Fsp3) is 0.312. The van der Waals surface area contributed by atoms with Gasteiger partial charge in [0.05, 0.1) is 18.7 Å². The number of hydrogen-bond donors (Lipinski definition) is 4. The summed E-state index contributed by atoms with van der Waals surface area (Å²) < 4.78 is 32.4. The first-order valence-corrected chi connectivity index (χ1v) is 15.1. The van der Waals surface area contributed by atoms with E-state index in [2.05, 4.69) is 10.6 Å². The smallest absolute Gasteiger partial charge is 0.326 e. The molecule has 4 N–H and O–H groups in total. The Morgan fingerprint density at radius 2 is 1.53 bits per heavy atom. The van der Waals surface area contributed by atoms with Gasteiger partial charge in [-0.3, -0.25) is 14.4 Å². The van der Waals surface area contributed by atoms with E-state index in [0.717, 1.165) is 5.56 Å². The normalized spacial score (nSPS) is 17.3. The summed E-state index contributed by atoms with van der Waals surface area (Å²) in [7, 11) is 0.